The SMILES string of the molecule is [C-]#[N+]CCCCSCCCOS(=O)(=O)c1ccc(C)cc1. The summed E-state index contributed by atoms with van der Waals surface area (Å²) in [5, 5.41) is 0. The van der Waals surface area contributed by atoms with E-state index in [1.807, 2.05) is 6.92 Å². The highest BCUT2D eigenvalue weighted by Crippen LogP contribution is 2.14. The molecule has 1 rings (SSSR count). The highest BCUT2D eigenvalue weighted by molar-refractivity contribution is 7.99. The lowest BCUT2D eigenvalue weighted by Crippen LogP contribution is -2.08. The van der Waals surface area contributed by atoms with Crippen molar-refractivity contribution in [3.05, 3.63) is 41.2 Å². The fraction of sp³-hybridized carbons (Fsp3) is 0.533. The number of thioether (sulfide) groups is 1. The summed E-state index contributed by atoms with van der Waals surface area (Å²) < 4.78 is 28.8. The molecular weight excluding hydrogens is 306 g/mol. The molecule has 116 valence electrons. The number of rotatable bonds is 10. The third-order valence-electron chi connectivity index (χ3n) is 2.79. The Labute approximate surface area is 131 Å². The number of unbranched alkanes of at least 4 members (excludes halogenated alkanes) is 1. The van der Waals surface area contributed by atoms with Gasteiger partial charge in [0.15, 0.2) is 0 Å². The molecule has 0 N–H and O–H groups in total. The number of benzene rings is 1. The predicted octanol–water partition coefficient (Wildman–Crippen LogP) is 3.52. The molecule has 1 aromatic carbocycles. The van der Waals surface area contributed by atoms with Crippen LogP contribution in [-0.4, -0.2) is 33.1 Å². The van der Waals surface area contributed by atoms with Crippen LogP contribution in [-0.2, 0) is 14.3 Å². The zero-order valence-electron chi connectivity index (χ0n) is 12.2. The second-order valence-corrected chi connectivity index (χ2v) is 7.48. The van der Waals surface area contributed by atoms with Crippen molar-refractivity contribution in [2.24, 2.45) is 0 Å². The summed E-state index contributed by atoms with van der Waals surface area (Å²) in [7, 11) is -3.62. The summed E-state index contributed by atoms with van der Waals surface area (Å²) >= 11 is 1.77. The Morgan fingerprint density at radius 1 is 1.14 bits per heavy atom. The molecule has 0 aliphatic heterocycles. The van der Waals surface area contributed by atoms with Crippen LogP contribution in [0.15, 0.2) is 29.2 Å². The van der Waals surface area contributed by atoms with Gasteiger partial charge in [-0.25, -0.2) is 6.57 Å². The molecule has 4 nitrogen and oxygen atoms in total. The van der Waals surface area contributed by atoms with Crippen molar-refractivity contribution in [1.29, 1.82) is 0 Å². The molecule has 0 heterocycles. The Hall–Kier alpha value is -1.03. The zero-order chi connectivity index (χ0) is 15.6. The van der Waals surface area contributed by atoms with Gasteiger partial charge in [-0.1, -0.05) is 17.7 Å². The van der Waals surface area contributed by atoms with Crippen LogP contribution in [0.1, 0.15) is 24.8 Å². The maximum atomic E-state index is 11.9. The third-order valence-corrected chi connectivity index (χ3v) is 5.27. The van der Waals surface area contributed by atoms with E-state index < -0.39 is 10.1 Å². The van der Waals surface area contributed by atoms with Crippen molar-refractivity contribution in [3.63, 3.8) is 0 Å². The highest BCUT2D eigenvalue weighted by atomic mass is 32.2. The second kappa shape index (κ2) is 9.82. The van der Waals surface area contributed by atoms with Gasteiger partial charge in [-0.3, -0.25) is 4.18 Å². The fourth-order valence-electron chi connectivity index (χ4n) is 1.60. The van der Waals surface area contributed by atoms with Crippen LogP contribution in [0.3, 0.4) is 0 Å². The summed E-state index contributed by atoms with van der Waals surface area (Å²) in [5.41, 5.74) is 1.02. The molecule has 0 aliphatic carbocycles. The van der Waals surface area contributed by atoms with Gasteiger partial charge in [-0.05, 0) is 43.4 Å². The minimum absolute atomic E-state index is 0.208. The monoisotopic (exact) mass is 327 g/mol. The molecule has 0 aromatic heterocycles. The minimum atomic E-state index is -3.62. The van der Waals surface area contributed by atoms with Gasteiger partial charge < -0.3 is 4.85 Å². The Morgan fingerprint density at radius 3 is 2.48 bits per heavy atom. The summed E-state index contributed by atoms with van der Waals surface area (Å²) in [6, 6.07) is 6.65. The molecule has 6 heteroatoms. The van der Waals surface area contributed by atoms with Crippen LogP contribution in [0, 0.1) is 13.5 Å². The molecule has 0 spiro atoms. The van der Waals surface area contributed by atoms with E-state index in [0.717, 1.165) is 29.9 Å². The summed E-state index contributed by atoms with van der Waals surface area (Å²) in [5.74, 6) is 1.89. The summed E-state index contributed by atoms with van der Waals surface area (Å²) in [6.07, 6.45) is 2.68. The first-order chi connectivity index (χ1) is 10.1. The van der Waals surface area contributed by atoms with E-state index in [4.69, 9.17) is 10.8 Å². The van der Waals surface area contributed by atoms with Crippen molar-refractivity contribution in [1.82, 2.24) is 0 Å². The standard InChI is InChI=1S/C15H21NO3S2/c1-14-6-8-15(9-7-14)21(17,18)19-11-5-13-20-12-4-3-10-16-2/h6-9H,3-5,10-13H2,1H3. The Bertz CT molecular complexity index is 547. The van der Waals surface area contributed by atoms with Gasteiger partial charge in [0.25, 0.3) is 10.1 Å². The quantitative estimate of drug-likeness (QED) is 0.375. The van der Waals surface area contributed by atoms with Gasteiger partial charge in [-0.2, -0.15) is 20.2 Å². The molecule has 0 saturated heterocycles. The molecule has 0 unspecified atom stereocenters. The van der Waals surface area contributed by atoms with Gasteiger partial charge in [0.2, 0.25) is 6.54 Å². The second-order valence-electron chi connectivity index (χ2n) is 4.64. The number of aryl methyl sites for hydroxylation is 1. The first-order valence-electron chi connectivity index (χ1n) is 6.93. The molecule has 0 radical (unpaired) electrons. The lowest BCUT2D eigenvalue weighted by Gasteiger charge is -2.06. The Balaban J connectivity index is 2.17. The van der Waals surface area contributed by atoms with Crippen molar-refractivity contribution >= 4 is 21.9 Å². The van der Waals surface area contributed by atoms with E-state index in [0.29, 0.717) is 13.0 Å². The predicted molar refractivity (Wildman–Crippen MR) is 87.0 cm³/mol. The van der Waals surface area contributed by atoms with Crippen LogP contribution in [0.25, 0.3) is 4.85 Å². The van der Waals surface area contributed by atoms with Crippen LogP contribution in [0.2, 0.25) is 0 Å². The zero-order valence-corrected chi connectivity index (χ0v) is 13.9. The van der Waals surface area contributed by atoms with E-state index in [2.05, 4.69) is 4.85 Å². The molecule has 0 saturated carbocycles. The number of hydrogen-bond donors (Lipinski definition) is 0. The third kappa shape index (κ3) is 7.51. The fourth-order valence-corrected chi connectivity index (χ4v) is 3.48. The number of hydrogen-bond acceptors (Lipinski definition) is 4. The highest BCUT2D eigenvalue weighted by Gasteiger charge is 2.14. The van der Waals surface area contributed by atoms with Gasteiger partial charge in [0, 0.05) is 6.42 Å². The van der Waals surface area contributed by atoms with E-state index >= 15 is 0 Å². The van der Waals surface area contributed by atoms with E-state index in [-0.39, 0.29) is 11.5 Å². The lowest BCUT2D eigenvalue weighted by molar-refractivity contribution is 0.319. The number of nitrogens with zero attached hydrogens (tertiary/aromatic N) is 1. The Kier molecular flexibility index (Phi) is 8.43. The van der Waals surface area contributed by atoms with Gasteiger partial charge in [-0.15, -0.1) is 0 Å². The van der Waals surface area contributed by atoms with Crippen molar-refractivity contribution in [2.45, 2.75) is 31.1 Å². The van der Waals surface area contributed by atoms with Crippen LogP contribution >= 0.6 is 11.8 Å². The molecule has 0 fully saturated rings. The van der Waals surface area contributed by atoms with E-state index in [9.17, 15) is 8.42 Å². The minimum Gasteiger partial charge on any atom is -0.317 e. The van der Waals surface area contributed by atoms with Gasteiger partial charge in [0.1, 0.15) is 0 Å². The molecule has 1 aromatic rings. The molecule has 0 bridgehead atoms. The largest absolute Gasteiger partial charge is 0.317 e. The van der Waals surface area contributed by atoms with Gasteiger partial charge >= 0.3 is 0 Å². The molecule has 21 heavy (non-hydrogen) atoms. The van der Waals surface area contributed by atoms with E-state index in [1.54, 1.807) is 36.0 Å². The van der Waals surface area contributed by atoms with Crippen LogP contribution < -0.4 is 0 Å². The van der Waals surface area contributed by atoms with Crippen molar-refractivity contribution in [3.8, 4) is 0 Å². The molecule has 0 atom stereocenters. The normalized spacial score (nSPS) is 11.2. The maximum Gasteiger partial charge on any atom is 0.296 e. The first-order valence-corrected chi connectivity index (χ1v) is 9.49. The summed E-state index contributed by atoms with van der Waals surface area (Å²) in [4.78, 5) is 3.51. The molecule has 0 amide bonds. The molecule has 0 aliphatic rings. The van der Waals surface area contributed by atoms with Crippen LogP contribution in [0.5, 0.6) is 0 Å². The topological polar surface area (TPSA) is 47.7 Å². The first kappa shape index (κ1) is 18.0. The van der Waals surface area contributed by atoms with Crippen molar-refractivity contribution < 1.29 is 12.6 Å². The molecular formula is C15H21NO3S2. The maximum absolute atomic E-state index is 11.9. The lowest BCUT2D eigenvalue weighted by atomic mass is 10.2. The van der Waals surface area contributed by atoms with Crippen molar-refractivity contribution in [2.75, 3.05) is 24.7 Å². The smallest absolute Gasteiger partial charge is 0.296 e. The van der Waals surface area contributed by atoms with Crippen LogP contribution in [0.4, 0.5) is 0 Å². The Morgan fingerprint density at radius 2 is 1.81 bits per heavy atom. The van der Waals surface area contributed by atoms with Gasteiger partial charge in [0.05, 0.1) is 11.5 Å². The summed E-state index contributed by atoms with van der Waals surface area (Å²) in [6.45, 7) is 9.38. The average molecular weight is 327 g/mol. The average Bonchev–Trinajstić information content (AvgIpc) is 2.46. The van der Waals surface area contributed by atoms with E-state index in [1.165, 1.54) is 0 Å².